The van der Waals surface area contributed by atoms with Crippen molar-refractivity contribution in [2.45, 2.75) is 12.5 Å². The van der Waals surface area contributed by atoms with Crippen molar-refractivity contribution in [3.8, 4) is 5.75 Å². The molecule has 2 rings (SSSR count). The third-order valence-corrected chi connectivity index (χ3v) is 4.39. The minimum absolute atomic E-state index is 0.118. The minimum atomic E-state index is -0.422. The van der Waals surface area contributed by atoms with Gasteiger partial charge >= 0.3 is 6.09 Å². The van der Waals surface area contributed by atoms with Gasteiger partial charge in [-0.05, 0) is 52.2 Å². The average molecular weight is 417 g/mol. The summed E-state index contributed by atoms with van der Waals surface area (Å²) in [5, 5.41) is 4.44. The Bertz CT molecular complexity index is 574. The van der Waals surface area contributed by atoms with Gasteiger partial charge in [0.15, 0.2) is 0 Å². The molecule has 1 aromatic heterocycles. The number of hydrogen-bond acceptors (Lipinski definition) is 4. The van der Waals surface area contributed by atoms with Crippen molar-refractivity contribution in [1.82, 2.24) is 5.32 Å². The van der Waals surface area contributed by atoms with Crippen molar-refractivity contribution in [2.24, 2.45) is 0 Å². The Morgan fingerprint density at radius 2 is 2.24 bits per heavy atom. The third kappa shape index (κ3) is 5.20. The van der Waals surface area contributed by atoms with E-state index in [2.05, 4.69) is 27.9 Å². The quantitative estimate of drug-likeness (QED) is 0.717. The van der Waals surface area contributed by atoms with Crippen molar-refractivity contribution < 1.29 is 14.3 Å². The molecular weight excluding hydrogens is 401 g/mol. The molecule has 1 unspecified atom stereocenters. The first-order valence-electron chi connectivity index (χ1n) is 6.49. The molecule has 0 aliphatic rings. The van der Waals surface area contributed by atoms with Crippen LogP contribution in [-0.2, 0) is 4.74 Å². The van der Waals surface area contributed by atoms with Crippen LogP contribution in [0.3, 0.4) is 0 Å². The number of halogens is 1. The number of alkyl carbamates (subject to hydrolysis) is 1. The topological polar surface area (TPSA) is 47.6 Å². The second-order valence-corrected chi connectivity index (χ2v) is 6.48. The highest BCUT2D eigenvalue weighted by atomic mass is 127. The summed E-state index contributed by atoms with van der Waals surface area (Å²) in [6, 6.07) is 11.9. The normalized spacial score (nSPS) is 11.7. The smallest absolute Gasteiger partial charge is 0.406 e. The number of carbonyl (C=O) groups excluding carboxylic acids is 1. The molecule has 4 nitrogen and oxygen atoms in total. The molecule has 0 saturated carbocycles. The van der Waals surface area contributed by atoms with Crippen LogP contribution < -0.4 is 10.1 Å². The van der Waals surface area contributed by atoms with Crippen LogP contribution in [0.5, 0.6) is 5.75 Å². The molecule has 0 bridgehead atoms. The second kappa shape index (κ2) is 8.23. The first-order valence-corrected chi connectivity index (χ1v) is 8.45. The van der Waals surface area contributed by atoms with Crippen molar-refractivity contribution in [2.75, 3.05) is 13.7 Å². The molecule has 1 heterocycles. The molecule has 1 atom stereocenters. The first-order chi connectivity index (χ1) is 10.2. The number of carbonyl (C=O) groups is 1. The number of thiophene rings is 1. The molecular formula is C15H16INO3S. The molecule has 0 spiro atoms. The van der Waals surface area contributed by atoms with Crippen LogP contribution >= 0.6 is 33.9 Å². The molecule has 0 saturated heterocycles. The molecule has 21 heavy (non-hydrogen) atoms. The lowest BCUT2D eigenvalue weighted by molar-refractivity contribution is 0.118. The van der Waals surface area contributed by atoms with Crippen LogP contribution in [0.15, 0.2) is 41.8 Å². The summed E-state index contributed by atoms with van der Waals surface area (Å²) in [4.78, 5) is 12.2. The van der Waals surface area contributed by atoms with Gasteiger partial charge in [0, 0.05) is 21.9 Å². The van der Waals surface area contributed by atoms with Gasteiger partial charge in [0.2, 0.25) is 0 Å². The Kier molecular flexibility index (Phi) is 6.31. The highest BCUT2D eigenvalue weighted by molar-refractivity contribution is 14.1. The zero-order valence-electron chi connectivity index (χ0n) is 11.5. The van der Waals surface area contributed by atoms with Crippen molar-refractivity contribution in [3.05, 3.63) is 50.2 Å². The van der Waals surface area contributed by atoms with E-state index in [1.165, 1.54) is 0 Å². The fourth-order valence-corrected chi connectivity index (χ4v) is 3.07. The number of ether oxygens (including phenoxy) is 2. The van der Waals surface area contributed by atoms with Crippen LogP contribution in [0.1, 0.15) is 17.4 Å². The van der Waals surface area contributed by atoms with Gasteiger partial charge in [0.25, 0.3) is 0 Å². The van der Waals surface area contributed by atoms with Gasteiger partial charge in [0.1, 0.15) is 11.9 Å². The maximum atomic E-state index is 11.1. The summed E-state index contributed by atoms with van der Waals surface area (Å²) in [5.74, 6) is 0.820. The number of rotatable bonds is 6. The number of hydrogen-bond donors (Lipinski definition) is 1. The zero-order valence-corrected chi connectivity index (χ0v) is 14.5. The van der Waals surface area contributed by atoms with Gasteiger partial charge < -0.3 is 14.8 Å². The molecule has 1 amide bonds. The first kappa shape index (κ1) is 16.1. The summed E-state index contributed by atoms with van der Waals surface area (Å²) in [6.45, 7) is 0.312. The van der Waals surface area contributed by atoms with Crippen LogP contribution in [-0.4, -0.2) is 19.7 Å². The van der Waals surface area contributed by atoms with Gasteiger partial charge in [-0.2, -0.15) is 0 Å². The summed E-state index contributed by atoms with van der Waals surface area (Å²) >= 11 is 3.89. The molecule has 0 radical (unpaired) electrons. The van der Waals surface area contributed by atoms with Crippen LogP contribution in [0.2, 0.25) is 0 Å². The average Bonchev–Trinajstić information content (AvgIpc) is 3.00. The Morgan fingerprint density at radius 3 is 2.90 bits per heavy atom. The molecule has 2 aromatic rings. The maximum absolute atomic E-state index is 11.1. The second-order valence-electron chi connectivity index (χ2n) is 4.25. The lowest BCUT2D eigenvalue weighted by atomic mass is 10.2. The summed E-state index contributed by atoms with van der Waals surface area (Å²) in [6.07, 6.45) is 0.0707. The fraction of sp³-hybridized carbons (Fsp3) is 0.267. The maximum Gasteiger partial charge on any atom is 0.406 e. The Morgan fingerprint density at radius 1 is 1.38 bits per heavy atom. The molecule has 112 valence electrons. The van der Waals surface area contributed by atoms with E-state index in [1.807, 2.05) is 41.8 Å². The number of benzene rings is 1. The number of amides is 1. The van der Waals surface area contributed by atoms with E-state index in [0.29, 0.717) is 13.0 Å². The molecule has 1 N–H and O–H groups in total. The van der Waals surface area contributed by atoms with Gasteiger partial charge in [-0.3, -0.25) is 0 Å². The predicted octanol–water partition coefficient (Wildman–Crippen LogP) is 4.22. The highest BCUT2D eigenvalue weighted by Gasteiger charge is 2.15. The highest BCUT2D eigenvalue weighted by Crippen LogP contribution is 2.28. The standard InChI is InChI=1S/C15H16INO3S/c1-17-15(18)19-8-7-13(14-6-3-9-21-14)20-12-5-2-4-11(16)10-12/h2-6,9-10,13H,7-8H2,1H3,(H,17,18). The van der Waals surface area contributed by atoms with E-state index >= 15 is 0 Å². The summed E-state index contributed by atoms with van der Waals surface area (Å²) in [5.41, 5.74) is 0. The van der Waals surface area contributed by atoms with E-state index in [9.17, 15) is 4.79 Å². The van der Waals surface area contributed by atoms with E-state index in [4.69, 9.17) is 9.47 Å². The van der Waals surface area contributed by atoms with Gasteiger partial charge in [0.05, 0.1) is 6.61 Å². The SMILES string of the molecule is CNC(=O)OCCC(Oc1cccc(I)c1)c1cccs1. The molecule has 0 aliphatic carbocycles. The van der Waals surface area contributed by atoms with Gasteiger partial charge in [-0.15, -0.1) is 11.3 Å². The van der Waals surface area contributed by atoms with Gasteiger partial charge in [-0.1, -0.05) is 12.1 Å². The minimum Gasteiger partial charge on any atom is -0.485 e. The Hall–Kier alpha value is -1.28. The van der Waals surface area contributed by atoms with Crippen LogP contribution in [0.4, 0.5) is 4.79 Å². The zero-order chi connectivity index (χ0) is 15.1. The van der Waals surface area contributed by atoms with Crippen LogP contribution in [0, 0.1) is 3.57 Å². The number of nitrogens with one attached hydrogen (secondary N) is 1. The largest absolute Gasteiger partial charge is 0.485 e. The van der Waals surface area contributed by atoms with Crippen LogP contribution in [0.25, 0.3) is 0 Å². The molecule has 6 heteroatoms. The third-order valence-electron chi connectivity index (χ3n) is 2.75. The van der Waals surface area contributed by atoms with E-state index in [-0.39, 0.29) is 6.10 Å². The lowest BCUT2D eigenvalue weighted by Crippen LogP contribution is -2.21. The lowest BCUT2D eigenvalue weighted by Gasteiger charge is -2.18. The van der Waals surface area contributed by atoms with Crippen molar-refractivity contribution >= 4 is 40.0 Å². The molecule has 1 aromatic carbocycles. The summed E-state index contributed by atoms with van der Waals surface area (Å²) in [7, 11) is 1.54. The van der Waals surface area contributed by atoms with E-state index in [1.54, 1.807) is 18.4 Å². The fourth-order valence-electron chi connectivity index (χ4n) is 1.77. The Labute approximate surface area is 141 Å². The van der Waals surface area contributed by atoms with E-state index in [0.717, 1.165) is 14.2 Å². The Balaban J connectivity index is 2.01. The summed E-state index contributed by atoms with van der Waals surface area (Å²) < 4.78 is 12.2. The van der Waals surface area contributed by atoms with Crippen molar-refractivity contribution in [3.63, 3.8) is 0 Å². The molecule has 0 aliphatic heterocycles. The predicted molar refractivity (Wildman–Crippen MR) is 91.9 cm³/mol. The van der Waals surface area contributed by atoms with Gasteiger partial charge in [-0.25, -0.2) is 4.79 Å². The monoisotopic (exact) mass is 417 g/mol. The molecule has 0 fully saturated rings. The van der Waals surface area contributed by atoms with Crippen molar-refractivity contribution in [1.29, 1.82) is 0 Å². The van der Waals surface area contributed by atoms with E-state index < -0.39 is 6.09 Å².